The molecule has 1 aromatic heterocycles. The Bertz CT molecular complexity index is 438. The van der Waals surface area contributed by atoms with Crippen LogP contribution in [0.1, 0.15) is 43.6 Å². The van der Waals surface area contributed by atoms with Crippen LogP contribution in [0.2, 0.25) is 5.15 Å². The number of hydrogen-bond acceptors (Lipinski definition) is 3. The zero-order valence-electron chi connectivity index (χ0n) is 10.7. The Morgan fingerprint density at radius 3 is 2.83 bits per heavy atom. The van der Waals surface area contributed by atoms with Gasteiger partial charge in [0.1, 0.15) is 10.8 Å². The maximum Gasteiger partial charge on any atom is 0.271 e. The van der Waals surface area contributed by atoms with Crippen molar-refractivity contribution in [1.82, 2.24) is 15.3 Å². The summed E-state index contributed by atoms with van der Waals surface area (Å²) in [6, 6.07) is 0.231. The second-order valence-electron chi connectivity index (χ2n) is 5.20. The molecular formula is C13H18ClN3O. The Kier molecular flexibility index (Phi) is 4.17. The normalized spacial score (nSPS) is 27.8. The highest BCUT2D eigenvalue weighted by Crippen LogP contribution is 2.28. The van der Waals surface area contributed by atoms with Crippen LogP contribution in [0.4, 0.5) is 0 Å². The molecule has 1 aliphatic rings. The van der Waals surface area contributed by atoms with Crippen molar-refractivity contribution in [3.05, 3.63) is 23.2 Å². The van der Waals surface area contributed by atoms with Crippen molar-refractivity contribution in [3.63, 3.8) is 0 Å². The van der Waals surface area contributed by atoms with Crippen molar-refractivity contribution < 1.29 is 4.79 Å². The van der Waals surface area contributed by atoms with E-state index in [1.807, 2.05) is 0 Å². The van der Waals surface area contributed by atoms with Crippen LogP contribution in [-0.2, 0) is 0 Å². The van der Waals surface area contributed by atoms with E-state index in [4.69, 9.17) is 11.6 Å². The highest BCUT2D eigenvalue weighted by Gasteiger charge is 2.27. The molecule has 0 aromatic carbocycles. The van der Waals surface area contributed by atoms with Crippen molar-refractivity contribution in [1.29, 1.82) is 0 Å². The van der Waals surface area contributed by atoms with Gasteiger partial charge in [-0.3, -0.25) is 9.78 Å². The Morgan fingerprint density at radius 1 is 1.39 bits per heavy atom. The number of rotatable bonds is 2. The van der Waals surface area contributed by atoms with E-state index >= 15 is 0 Å². The lowest BCUT2D eigenvalue weighted by molar-refractivity contribution is 0.0894. The fraction of sp³-hybridized carbons (Fsp3) is 0.615. The van der Waals surface area contributed by atoms with Crippen LogP contribution in [0.5, 0.6) is 0 Å². The summed E-state index contributed by atoms with van der Waals surface area (Å²) in [5.74, 6) is 1.07. The number of amides is 1. The molecule has 3 unspecified atom stereocenters. The third kappa shape index (κ3) is 3.19. The number of halogens is 1. The Morgan fingerprint density at radius 2 is 2.17 bits per heavy atom. The van der Waals surface area contributed by atoms with Crippen LogP contribution in [0.3, 0.4) is 0 Å². The summed E-state index contributed by atoms with van der Waals surface area (Å²) in [6.45, 7) is 4.45. The SMILES string of the molecule is CC1CCC(NC(=O)c2cncc(Cl)n2)C(C)C1. The van der Waals surface area contributed by atoms with Gasteiger partial charge >= 0.3 is 0 Å². The van der Waals surface area contributed by atoms with Gasteiger partial charge in [-0.1, -0.05) is 25.4 Å². The lowest BCUT2D eigenvalue weighted by Crippen LogP contribution is -2.42. The second-order valence-corrected chi connectivity index (χ2v) is 5.59. The second kappa shape index (κ2) is 5.65. The number of nitrogens with zero attached hydrogens (tertiary/aromatic N) is 2. The van der Waals surface area contributed by atoms with Gasteiger partial charge in [0.25, 0.3) is 5.91 Å². The molecule has 0 radical (unpaired) electrons. The number of aromatic nitrogens is 2. The predicted octanol–water partition coefficient (Wildman–Crippen LogP) is 2.68. The summed E-state index contributed by atoms with van der Waals surface area (Å²) in [7, 11) is 0. The molecule has 1 heterocycles. The number of hydrogen-bond donors (Lipinski definition) is 1. The van der Waals surface area contributed by atoms with Crippen LogP contribution in [0.25, 0.3) is 0 Å². The van der Waals surface area contributed by atoms with Gasteiger partial charge in [-0.15, -0.1) is 0 Å². The van der Waals surface area contributed by atoms with E-state index in [2.05, 4.69) is 29.1 Å². The predicted molar refractivity (Wildman–Crippen MR) is 70.5 cm³/mol. The van der Waals surface area contributed by atoms with E-state index in [1.165, 1.54) is 12.4 Å². The minimum atomic E-state index is -0.184. The van der Waals surface area contributed by atoms with Gasteiger partial charge in [0.2, 0.25) is 0 Å². The largest absolute Gasteiger partial charge is 0.348 e. The first kappa shape index (κ1) is 13.3. The minimum Gasteiger partial charge on any atom is -0.348 e. The van der Waals surface area contributed by atoms with Crippen LogP contribution in [0, 0.1) is 11.8 Å². The fourth-order valence-corrected chi connectivity index (χ4v) is 2.72. The van der Waals surface area contributed by atoms with Crippen LogP contribution in [-0.4, -0.2) is 21.9 Å². The summed E-state index contributed by atoms with van der Waals surface area (Å²) in [5.41, 5.74) is 0.285. The van der Waals surface area contributed by atoms with E-state index in [1.54, 1.807) is 0 Å². The van der Waals surface area contributed by atoms with E-state index in [9.17, 15) is 4.79 Å². The van der Waals surface area contributed by atoms with Crippen molar-refractivity contribution in [2.75, 3.05) is 0 Å². The summed E-state index contributed by atoms with van der Waals surface area (Å²) >= 11 is 5.73. The van der Waals surface area contributed by atoms with Crippen molar-refractivity contribution in [2.24, 2.45) is 11.8 Å². The molecule has 18 heavy (non-hydrogen) atoms. The number of carbonyl (C=O) groups is 1. The minimum absolute atomic E-state index is 0.184. The molecule has 98 valence electrons. The first-order valence-electron chi connectivity index (χ1n) is 6.34. The highest BCUT2D eigenvalue weighted by atomic mass is 35.5. The van der Waals surface area contributed by atoms with Crippen LogP contribution < -0.4 is 5.32 Å². The first-order valence-corrected chi connectivity index (χ1v) is 6.72. The number of carbonyl (C=O) groups excluding carboxylic acids is 1. The van der Waals surface area contributed by atoms with Gasteiger partial charge in [0.15, 0.2) is 0 Å². The molecule has 0 aliphatic heterocycles. The van der Waals surface area contributed by atoms with Gasteiger partial charge in [-0.05, 0) is 31.1 Å². The molecule has 1 saturated carbocycles. The molecule has 1 fully saturated rings. The summed E-state index contributed by atoms with van der Waals surface area (Å²) in [4.78, 5) is 19.9. The van der Waals surface area contributed by atoms with Crippen LogP contribution >= 0.6 is 11.6 Å². The van der Waals surface area contributed by atoms with Gasteiger partial charge in [0.05, 0.1) is 12.4 Å². The summed E-state index contributed by atoms with van der Waals surface area (Å²) < 4.78 is 0. The Hall–Kier alpha value is -1.16. The van der Waals surface area contributed by atoms with Gasteiger partial charge in [0, 0.05) is 6.04 Å². The van der Waals surface area contributed by atoms with E-state index in [0.717, 1.165) is 25.2 Å². The topological polar surface area (TPSA) is 54.9 Å². The monoisotopic (exact) mass is 267 g/mol. The Labute approximate surface area is 112 Å². The fourth-order valence-electron chi connectivity index (χ4n) is 2.57. The lowest BCUT2D eigenvalue weighted by atomic mass is 9.80. The molecule has 0 spiro atoms. The zero-order chi connectivity index (χ0) is 13.1. The first-order chi connectivity index (χ1) is 8.56. The van der Waals surface area contributed by atoms with E-state index in [0.29, 0.717) is 5.92 Å². The molecule has 3 atom stereocenters. The van der Waals surface area contributed by atoms with Crippen molar-refractivity contribution in [2.45, 2.75) is 39.2 Å². The zero-order valence-corrected chi connectivity index (χ0v) is 11.4. The third-order valence-electron chi connectivity index (χ3n) is 3.59. The van der Waals surface area contributed by atoms with Gasteiger partial charge in [-0.2, -0.15) is 0 Å². The van der Waals surface area contributed by atoms with Crippen molar-refractivity contribution in [3.8, 4) is 0 Å². The molecule has 0 saturated heterocycles. The maximum atomic E-state index is 12.0. The van der Waals surface area contributed by atoms with Crippen LogP contribution in [0.15, 0.2) is 12.4 Å². The van der Waals surface area contributed by atoms with Crippen molar-refractivity contribution >= 4 is 17.5 Å². The maximum absolute atomic E-state index is 12.0. The molecule has 4 nitrogen and oxygen atoms in total. The molecule has 1 amide bonds. The third-order valence-corrected chi connectivity index (χ3v) is 3.77. The number of nitrogens with one attached hydrogen (secondary N) is 1. The molecule has 2 rings (SSSR count). The standard InChI is InChI=1S/C13H18ClN3O/c1-8-3-4-10(9(2)5-8)17-13(18)11-6-15-7-12(14)16-11/h6-10H,3-5H2,1-2H3,(H,17,18). The lowest BCUT2D eigenvalue weighted by Gasteiger charge is -2.33. The molecule has 1 aliphatic carbocycles. The average molecular weight is 268 g/mol. The average Bonchev–Trinajstić information content (AvgIpc) is 2.32. The summed E-state index contributed by atoms with van der Waals surface area (Å²) in [5, 5.41) is 3.28. The highest BCUT2D eigenvalue weighted by molar-refractivity contribution is 6.29. The summed E-state index contributed by atoms with van der Waals surface area (Å²) in [6.07, 6.45) is 6.21. The molecule has 0 bridgehead atoms. The molecular weight excluding hydrogens is 250 g/mol. The molecule has 1 aromatic rings. The molecule has 5 heteroatoms. The Balaban J connectivity index is 1.99. The molecule has 1 N–H and O–H groups in total. The van der Waals surface area contributed by atoms with E-state index < -0.39 is 0 Å². The smallest absolute Gasteiger partial charge is 0.271 e. The quantitative estimate of drug-likeness (QED) is 0.896. The van der Waals surface area contributed by atoms with Gasteiger partial charge in [-0.25, -0.2) is 4.98 Å². The van der Waals surface area contributed by atoms with E-state index in [-0.39, 0.29) is 22.8 Å². The van der Waals surface area contributed by atoms with Gasteiger partial charge < -0.3 is 5.32 Å².